The summed E-state index contributed by atoms with van der Waals surface area (Å²) in [5, 5.41) is 20.5. The molecule has 3 aromatic heterocycles. The summed E-state index contributed by atoms with van der Waals surface area (Å²) in [5.41, 5.74) is 0. The minimum Gasteiger partial charge on any atom is -0.251 e. The molecule has 3 aromatic rings. The number of aryl methyl sites for hydroxylation is 6. The molecule has 0 aromatic carbocycles. The van der Waals surface area contributed by atoms with Crippen molar-refractivity contribution in [2.75, 3.05) is 0 Å². The summed E-state index contributed by atoms with van der Waals surface area (Å²) in [4.78, 5) is 9.91. The molecule has 0 aliphatic carbocycles. The van der Waals surface area contributed by atoms with Gasteiger partial charge in [-0.15, -0.1) is 10.2 Å². The molecule has 0 radical (unpaired) electrons. The molecule has 3 heterocycles. The van der Waals surface area contributed by atoms with Crippen LogP contribution >= 0.6 is 0 Å². The molecule has 0 aliphatic heterocycles. The van der Waals surface area contributed by atoms with Crippen molar-refractivity contribution in [2.45, 2.75) is 39.9 Å². The van der Waals surface area contributed by atoms with Gasteiger partial charge < -0.3 is 0 Å². The first kappa shape index (κ1) is 13.3. The van der Waals surface area contributed by atoms with Crippen LogP contribution in [-0.2, 0) is 26.1 Å². The van der Waals surface area contributed by atoms with Crippen LogP contribution in [0.3, 0.4) is 0 Å². The van der Waals surface area contributed by atoms with Crippen LogP contribution in [0.15, 0.2) is 12.7 Å². The van der Waals surface area contributed by atoms with Crippen LogP contribution in [0.25, 0.3) is 0 Å². The van der Waals surface area contributed by atoms with E-state index in [9.17, 15) is 0 Å². The van der Waals surface area contributed by atoms with Crippen molar-refractivity contribution in [1.29, 1.82) is 0 Å². The standard InChI is InChI=1S/C11H16N10/c1-9-12-7-19(15-9)5-6-20-8-13-11(17-20)3-4-21-16-10(2)14-18-21/h7-8H,3-6H2,1-2H3. The third-order valence-electron chi connectivity index (χ3n) is 2.88. The number of hydrogen-bond donors (Lipinski definition) is 0. The molecule has 10 heteroatoms. The van der Waals surface area contributed by atoms with Gasteiger partial charge in [-0.1, -0.05) is 0 Å². The third kappa shape index (κ3) is 3.46. The minimum absolute atomic E-state index is 0.618. The molecule has 0 bridgehead atoms. The van der Waals surface area contributed by atoms with E-state index < -0.39 is 0 Å². The van der Waals surface area contributed by atoms with E-state index in [0.717, 1.165) is 11.6 Å². The summed E-state index contributed by atoms with van der Waals surface area (Å²) in [6, 6.07) is 0. The zero-order valence-electron chi connectivity index (χ0n) is 12.0. The molecular weight excluding hydrogens is 272 g/mol. The van der Waals surface area contributed by atoms with Crippen molar-refractivity contribution in [3.05, 3.63) is 30.1 Å². The number of nitrogens with zero attached hydrogens (tertiary/aromatic N) is 10. The highest BCUT2D eigenvalue weighted by molar-refractivity contribution is 4.82. The average molecular weight is 288 g/mol. The molecule has 110 valence electrons. The predicted octanol–water partition coefficient (Wildman–Crippen LogP) is -0.584. The largest absolute Gasteiger partial charge is 0.251 e. The molecule has 0 fully saturated rings. The van der Waals surface area contributed by atoms with Gasteiger partial charge in [-0.2, -0.15) is 15.0 Å². The van der Waals surface area contributed by atoms with Gasteiger partial charge in [0.25, 0.3) is 0 Å². The molecule has 0 aliphatic rings. The van der Waals surface area contributed by atoms with Gasteiger partial charge in [0.1, 0.15) is 18.5 Å². The zero-order chi connectivity index (χ0) is 14.7. The van der Waals surface area contributed by atoms with Crippen molar-refractivity contribution in [1.82, 2.24) is 49.7 Å². The second-order valence-corrected chi connectivity index (χ2v) is 4.66. The number of hydrogen-bond acceptors (Lipinski definition) is 7. The van der Waals surface area contributed by atoms with Gasteiger partial charge in [-0.3, -0.25) is 9.36 Å². The second kappa shape index (κ2) is 5.77. The Hall–Kier alpha value is -2.65. The normalized spacial score (nSPS) is 11.1. The molecule has 0 N–H and O–H groups in total. The number of rotatable bonds is 6. The fraction of sp³-hybridized carbons (Fsp3) is 0.545. The van der Waals surface area contributed by atoms with Gasteiger partial charge in [0.2, 0.25) is 0 Å². The highest BCUT2D eigenvalue weighted by Crippen LogP contribution is 1.96. The first-order valence-electron chi connectivity index (χ1n) is 6.68. The topological polar surface area (TPSA) is 105 Å². The predicted molar refractivity (Wildman–Crippen MR) is 71.0 cm³/mol. The van der Waals surface area contributed by atoms with E-state index in [4.69, 9.17) is 0 Å². The molecule has 0 unspecified atom stereocenters. The van der Waals surface area contributed by atoms with Gasteiger partial charge in [0.05, 0.1) is 19.6 Å². The Balaban J connectivity index is 1.51. The Morgan fingerprint density at radius 1 is 0.857 bits per heavy atom. The Morgan fingerprint density at radius 3 is 2.29 bits per heavy atom. The smallest absolute Gasteiger partial charge is 0.171 e. The maximum atomic E-state index is 4.41. The lowest BCUT2D eigenvalue weighted by Crippen LogP contribution is -2.10. The lowest BCUT2D eigenvalue weighted by Gasteiger charge is -2.00. The maximum Gasteiger partial charge on any atom is 0.171 e. The zero-order valence-corrected chi connectivity index (χ0v) is 12.0. The quantitative estimate of drug-likeness (QED) is 0.597. The Kier molecular flexibility index (Phi) is 3.67. The molecule has 21 heavy (non-hydrogen) atoms. The molecule has 0 spiro atoms. The number of aromatic nitrogens is 10. The Morgan fingerprint density at radius 2 is 1.62 bits per heavy atom. The van der Waals surface area contributed by atoms with E-state index in [0.29, 0.717) is 31.9 Å². The summed E-state index contributed by atoms with van der Waals surface area (Å²) < 4.78 is 3.59. The van der Waals surface area contributed by atoms with Crippen LogP contribution in [0, 0.1) is 13.8 Å². The van der Waals surface area contributed by atoms with E-state index in [1.165, 1.54) is 0 Å². The summed E-state index contributed by atoms with van der Waals surface area (Å²) in [6.45, 7) is 5.71. The summed E-state index contributed by atoms with van der Waals surface area (Å²) >= 11 is 0. The van der Waals surface area contributed by atoms with Crippen LogP contribution in [0.2, 0.25) is 0 Å². The molecular formula is C11H16N10. The highest BCUT2D eigenvalue weighted by Gasteiger charge is 2.04. The third-order valence-corrected chi connectivity index (χ3v) is 2.88. The first-order valence-corrected chi connectivity index (χ1v) is 6.68. The summed E-state index contributed by atoms with van der Waals surface area (Å²) in [5.74, 6) is 2.20. The van der Waals surface area contributed by atoms with Gasteiger partial charge in [0.15, 0.2) is 11.6 Å². The van der Waals surface area contributed by atoms with E-state index >= 15 is 0 Å². The van der Waals surface area contributed by atoms with E-state index in [2.05, 4.69) is 35.6 Å². The van der Waals surface area contributed by atoms with Gasteiger partial charge >= 0.3 is 0 Å². The molecule has 0 amide bonds. The van der Waals surface area contributed by atoms with Crippen molar-refractivity contribution in [3.8, 4) is 0 Å². The lowest BCUT2D eigenvalue weighted by molar-refractivity contribution is 0.485. The fourth-order valence-electron chi connectivity index (χ4n) is 1.87. The minimum atomic E-state index is 0.618. The molecule has 0 saturated carbocycles. The molecule has 0 atom stereocenters. The maximum absolute atomic E-state index is 4.41. The van der Waals surface area contributed by atoms with Crippen molar-refractivity contribution in [3.63, 3.8) is 0 Å². The van der Waals surface area contributed by atoms with Crippen molar-refractivity contribution >= 4 is 0 Å². The highest BCUT2D eigenvalue weighted by atomic mass is 15.6. The van der Waals surface area contributed by atoms with E-state index in [-0.39, 0.29) is 0 Å². The fourth-order valence-corrected chi connectivity index (χ4v) is 1.87. The molecule has 0 saturated heterocycles. The molecule has 10 nitrogen and oxygen atoms in total. The van der Waals surface area contributed by atoms with Crippen molar-refractivity contribution in [2.24, 2.45) is 0 Å². The summed E-state index contributed by atoms with van der Waals surface area (Å²) in [6.07, 6.45) is 4.11. The van der Waals surface area contributed by atoms with E-state index in [1.54, 1.807) is 26.8 Å². The first-order chi connectivity index (χ1) is 10.2. The molecule has 3 rings (SSSR count). The average Bonchev–Trinajstić information content (AvgIpc) is 3.16. The van der Waals surface area contributed by atoms with Crippen molar-refractivity contribution < 1.29 is 0 Å². The van der Waals surface area contributed by atoms with Gasteiger partial charge in [0, 0.05) is 6.42 Å². The SMILES string of the molecule is Cc1ncn(CCn2cnc(CCn3nnc(C)n3)n2)n1. The monoisotopic (exact) mass is 288 g/mol. The Bertz CT molecular complexity index is 649. The van der Waals surface area contributed by atoms with Crippen LogP contribution < -0.4 is 0 Å². The van der Waals surface area contributed by atoms with Gasteiger partial charge in [-0.05, 0) is 19.1 Å². The second-order valence-electron chi connectivity index (χ2n) is 4.66. The van der Waals surface area contributed by atoms with Crippen LogP contribution in [-0.4, -0.2) is 49.7 Å². The lowest BCUT2D eigenvalue weighted by atomic mass is 10.4. The van der Waals surface area contributed by atoms with E-state index in [1.807, 2.05) is 13.8 Å². The Labute approximate surface area is 120 Å². The van der Waals surface area contributed by atoms with Crippen LogP contribution in [0.5, 0.6) is 0 Å². The van der Waals surface area contributed by atoms with Crippen LogP contribution in [0.4, 0.5) is 0 Å². The summed E-state index contributed by atoms with van der Waals surface area (Å²) in [7, 11) is 0. The number of tetrazole rings is 1. The van der Waals surface area contributed by atoms with Gasteiger partial charge in [-0.25, -0.2) is 9.97 Å². The van der Waals surface area contributed by atoms with Crippen LogP contribution in [0.1, 0.15) is 17.5 Å².